The maximum Gasteiger partial charge on any atom is 0.418 e. The Morgan fingerprint density at radius 3 is 2.50 bits per heavy atom. The number of halogens is 3. The fourth-order valence-corrected chi connectivity index (χ4v) is 5.96. The van der Waals surface area contributed by atoms with Gasteiger partial charge in [-0.15, -0.1) is 0 Å². The molecule has 226 valence electrons. The molecule has 3 aliphatic heterocycles. The summed E-state index contributed by atoms with van der Waals surface area (Å²) in [5, 5.41) is 3.21. The van der Waals surface area contributed by atoms with E-state index in [2.05, 4.69) is 20.2 Å². The molecule has 0 radical (unpaired) electrons. The predicted octanol–water partition coefficient (Wildman–Crippen LogP) is 4.49. The number of nitrogens with one attached hydrogen (secondary N) is 2. The first-order valence-electron chi connectivity index (χ1n) is 14.4. The number of amides is 1. The van der Waals surface area contributed by atoms with Crippen LogP contribution in [0.1, 0.15) is 35.7 Å². The number of hydrogen-bond acceptors (Lipinski definition) is 8. The zero-order valence-electron chi connectivity index (χ0n) is 23.7. The predicted molar refractivity (Wildman–Crippen MR) is 152 cm³/mol. The summed E-state index contributed by atoms with van der Waals surface area (Å²) >= 11 is 0. The molecule has 0 unspecified atom stereocenters. The van der Waals surface area contributed by atoms with E-state index in [-0.39, 0.29) is 16.9 Å². The van der Waals surface area contributed by atoms with Crippen molar-refractivity contribution in [3.05, 3.63) is 35.5 Å². The lowest BCUT2D eigenvalue weighted by Crippen LogP contribution is -2.50. The fourth-order valence-electron chi connectivity index (χ4n) is 5.96. The quantitative estimate of drug-likeness (QED) is 0.435. The van der Waals surface area contributed by atoms with Gasteiger partial charge in [0.05, 0.1) is 41.1 Å². The van der Waals surface area contributed by atoms with Gasteiger partial charge >= 0.3 is 6.18 Å². The number of aromatic amines is 1. The summed E-state index contributed by atoms with van der Waals surface area (Å²) in [6.45, 7) is 7.63. The van der Waals surface area contributed by atoms with Crippen LogP contribution >= 0.6 is 0 Å². The van der Waals surface area contributed by atoms with Gasteiger partial charge in [0.2, 0.25) is 0 Å². The lowest BCUT2D eigenvalue weighted by molar-refractivity contribution is -0.136. The van der Waals surface area contributed by atoms with Crippen LogP contribution in [0.25, 0.3) is 11.0 Å². The third kappa shape index (κ3) is 5.42. The number of likely N-dealkylation sites (tertiary alicyclic amines) is 1. The van der Waals surface area contributed by atoms with E-state index < -0.39 is 11.7 Å². The van der Waals surface area contributed by atoms with Gasteiger partial charge in [-0.25, -0.2) is 4.98 Å². The highest BCUT2D eigenvalue weighted by molar-refractivity contribution is 6.00. The molecule has 0 saturated carbocycles. The summed E-state index contributed by atoms with van der Waals surface area (Å²) in [5.41, 5.74) is 0.663. The number of hydrogen-bond donors (Lipinski definition) is 2. The molecule has 2 aromatic heterocycles. The molecule has 10 nitrogen and oxygen atoms in total. The average molecular weight is 589 g/mol. The molecule has 13 heteroatoms. The summed E-state index contributed by atoms with van der Waals surface area (Å²) in [7, 11) is 1.73. The van der Waals surface area contributed by atoms with Gasteiger partial charge < -0.3 is 34.3 Å². The first-order valence-corrected chi connectivity index (χ1v) is 14.4. The van der Waals surface area contributed by atoms with E-state index in [0.717, 1.165) is 45.3 Å². The Morgan fingerprint density at radius 1 is 1.10 bits per heavy atom. The van der Waals surface area contributed by atoms with Gasteiger partial charge in [0.1, 0.15) is 24.7 Å². The van der Waals surface area contributed by atoms with E-state index in [1.165, 1.54) is 0 Å². The molecule has 2 N–H and O–H groups in total. The molecule has 2 saturated heterocycles. The van der Waals surface area contributed by atoms with Gasteiger partial charge in [0.25, 0.3) is 5.91 Å². The summed E-state index contributed by atoms with van der Waals surface area (Å²) in [5.74, 6) is 0.957. The number of H-pyrrole nitrogens is 1. The lowest BCUT2D eigenvalue weighted by atomic mass is 10.0. The second-order valence-corrected chi connectivity index (χ2v) is 10.8. The maximum atomic E-state index is 13.7. The standard InChI is InChI=1S/C29H35F3N6O4/c1-3-36(2)22-16-23(35-27-24(22)20(17-33-27)29(30,31)32)34-21-5-4-19(25-26(21)42-15-14-41-25)28(39)38-8-6-18(7-9-38)37-10-12-40-13-11-37/h4-5,16-18H,3,6-15H2,1-2H3,(H2,33,34,35). The SMILES string of the molecule is CCN(C)c1cc(Nc2ccc(C(=O)N3CCC(N4CCOCC4)CC3)c3c2OCCO3)nc2[nH]cc(C(F)(F)F)c12. The topological polar surface area (TPSA) is 95.2 Å². The van der Waals surface area contributed by atoms with Gasteiger partial charge in [0.15, 0.2) is 11.5 Å². The summed E-state index contributed by atoms with van der Waals surface area (Å²) in [6, 6.07) is 5.47. The minimum absolute atomic E-state index is 0.0114. The minimum atomic E-state index is -4.53. The maximum absolute atomic E-state index is 13.7. The first kappa shape index (κ1) is 28.4. The third-order valence-electron chi connectivity index (χ3n) is 8.31. The zero-order chi connectivity index (χ0) is 29.4. The molecular formula is C29H35F3N6O4. The Morgan fingerprint density at radius 2 is 1.81 bits per heavy atom. The van der Waals surface area contributed by atoms with Crippen LogP contribution in [0.3, 0.4) is 0 Å². The summed E-state index contributed by atoms with van der Waals surface area (Å²) in [6.07, 6.45) is -1.77. The van der Waals surface area contributed by atoms with E-state index in [0.29, 0.717) is 73.1 Å². The molecule has 0 bridgehead atoms. The van der Waals surface area contributed by atoms with E-state index in [4.69, 9.17) is 14.2 Å². The number of ether oxygens (including phenoxy) is 3. The largest absolute Gasteiger partial charge is 0.485 e. The van der Waals surface area contributed by atoms with Crippen LogP contribution in [0.15, 0.2) is 24.4 Å². The highest BCUT2D eigenvalue weighted by Gasteiger charge is 2.36. The highest BCUT2D eigenvalue weighted by Crippen LogP contribution is 2.44. The smallest absolute Gasteiger partial charge is 0.418 e. The van der Waals surface area contributed by atoms with Crippen molar-refractivity contribution in [2.24, 2.45) is 0 Å². The van der Waals surface area contributed by atoms with Crippen LogP contribution < -0.4 is 19.7 Å². The van der Waals surface area contributed by atoms with Crippen LogP contribution in [0.4, 0.5) is 30.4 Å². The molecule has 0 aliphatic carbocycles. The van der Waals surface area contributed by atoms with E-state index >= 15 is 0 Å². The molecule has 5 heterocycles. The Labute approximate surface area is 241 Å². The Hall–Kier alpha value is -3.71. The number of piperidine rings is 1. The molecule has 1 aromatic carbocycles. The number of nitrogens with zero attached hydrogens (tertiary/aromatic N) is 4. The number of alkyl halides is 3. The normalized spacial score (nSPS) is 18.4. The molecule has 3 aliphatic rings. The number of pyridine rings is 1. The van der Waals surface area contributed by atoms with E-state index in [9.17, 15) is 18.0 Å². The highest BCUT2D eigenvalue weighted by atomic mass is 19.4. The molecule has 2 fully saturated rings. The molecular weight excluding hydrogens is 553 g/mol. The first-order chi connectivity index (χ1) is 20.2. The van der Waals surface area contributed by atoms with Crippen LogP contribution in [0.5, 0.6) is 11.5 Å². The third-order valence-corrected chi connectivity index (χ3v) is 8.31. The zero-order valence-corrected chi connectivity index (χ0v) is 23.7. The van der Waals surface area contributed by atoms with Crippen molar-refractivity contribution < 1.29 is 32.2 Å². The van der Waals surface area contributed by atoms with Crippen molar-refractivity contribution in [1.82, 2.24) is 19.8 Å². The monoisotopic (exact) mass is 588 g/mol. The molecule has 0 atom stereocenters. The Kier molecular flexibility index (Phi) is 7.79. The van der Waals surface area contributed by atoms with Crippen LogP contribution in [0.2, 0.25) is 0 Å². The minimum Gasteiger partial charge on any atom is -0.485 e. The second-order valence-electron chi connectivity index (χ2n) is 10.8. The Balaban J connectivity index is 1.26. The number of fused-ring (bicyclic) bond motifs is 2. The summed E-state index contributed by atoms with van der Waals surface area (Å²) in [4.78, 5) is 26.8. The van der Waals surface area contributed by atoms with Gasteiger partial charge in [-0.1, -0.05) is 0 Å². The molecule has 42 heavy (non-hydrogen) atoms. The molecule has 1 amide bonds. The van der Waals surface area contributed by atoms with Crippen molar-refractivity contribution in [2.75, 3.05) is 76.4 Å². The Bertz CT molecular complexity index is 1450. The van der Waals surface area contributed by atoms with Gasteiger partial charge in [-0.2, -0.15) is 13.2 Å². The van der Waals surface area contributed by atoms with Crippen molar-refractivity contribution in [2.45, 2.75) is 32.0 Å². The summed E-state index contributed by atoms with van der Waals surface area (Å²) < 4.78 is 58.6. The number of carbonyl (C=O) groups is 1. The molecule has 6 rings (SSSR count). The van der Waals surface area contributed by atoms with Crippen LogP contribution in [-0.2, 0) is 10.9 Å². The van der Waals surface area contributed by atoms with Crippen LogP contribution in [-0.4, -0.2) is 97.9 Å². The van der Waals surface area contributed by atoms with Crippen molar-refractivity contribution in [3.63, 3.8) is 0 Å². The van der Waals surface area contributed by atoms with Crippen molar-refractivity contribution >= 4 is 34.1 Å². The molecule has 3 aromatic rings. The van der Waals surface area contributed by atoms with E-state index in [1.54, 1.807) is 30.1 Å². The fraction of sp³-hybridized carbons (Fsp3) is 0.517. The lowest BCUT2D eigenvalue weighted by Gasteiger charge is -2.40. The van der Waals surface area contributed by atoms with Gasteiger partial charge in [0, 0.05) is 58.1 Å². The van der Waals surface area contributed by atoms with E-state index in [1.807, 2.05) is 11.8 Å². The number of morpholine rings is 1. The van der Waals surface area contributed by atoms with Crippen LogP contribution in [0, 0.1) is 0 Å². The van der Waals surface area contributed by atoms with Gasteiger partial charge in [-0.05, 0) is 31.9 Å². The number of rotatable bonds is 6. The number of aromatic nitrogens is 2. The van der Waals surface area contributed by atoms with Crippen molar-refractivity contribution in [3.8, 4) is 11.5 Å². The second kappa shape index (κ2) is 11.5. The van der Waals surface area contributed by atoms with Gasteiger partial charge in [-0.3, -0.25) is 9.69 Å². The number of carbonyl (C=O) groups excluding carboxylic acids is 1. The molecule has 0 spiro atoms. The number of benzene rings is 1. The van der Waals surface area contributed by atoms with Crippen molar-refractivity contribution in [1.29, 1.82) is 0 Å². The number of anilines is 3. The average Bonchev–Trinajstić information content (AvgIpc) is 3.46.